The highest BCUT2D eigenvalue weighted by molar-refractivity contribution is 7.91. The van der Waals surface area contributed by atoms with Crippen LogP contribution in [0.3, 0.4) is 0 Å². The maximum Gasteiger partial charge on any atom is 0.178 e. The van der Waals surface area contributed by atoms with Gasteiger partial charge in [-0.05, 0) is 44.0 Å². The second-order valence-electron chi connectivity index (χ2n) is 6.14. The highest BCUT2D eigenvalue weighted by Gasteiger charge is 2.13. The van der Waals surface area contributed by atoms with Gasteiger partial charge in [0, 0.05) is 6.42 Å². The number of rotatable bonds is 7. The summed E-state index contributed by atoms with van der Waals surface area (Å²) in [6.45, 7) is 1.95. The van der Waals surface area contributed by atoms with E-state index < -0.39 is 9.84 Å². The predicted molar refractivity (Wildman–Crippen MR) is 96.9 cm³/mol. The quantitative estimate of drug-likeness (QED) is 0.659. The maximum absolute atomic E-state index is 12.3. The number of aromatic amines is 1. The van der Waals surface area contributed by atoms with E-state index >= 15 is 0 Å². The van der Waals surface area contributed by atoms with Gasteiger partial charge in [-0.25, -0.2) is 13.4 Å². The van der Waals surface area contributed by atoms with Crippen molar-refractivity contribution in [1.29, 1.82) is 0 Å². The second kappa shape index (κ2) is 7.18. The number of H-pyrrole nitrogens is 1. The summed E-state index contributed by atoms with van der Waals surface area (Å²) in [5.41, 5.74) is 3.10. The zero-order valence-corrected chi connectivity index (χ0v) is 14.6. The van der Waals surface area contributed by atoms with Gasteiger partial charge in [0.1, 0.15) is 5.82 Å². The Morgan fingerprint density at radius 3 is 2.46 bits per heavy atom. The van der Waals surface area contributed by atoms with E-state index in [9.17, 15) is 8.42 Å². The first-order valence-electron chi connectivity index (χ1n) is 8.28. The second-order valence-corrected chi connectivity index (χ2v) is 8.25. The molecule has 0 radical (unpaired) electrons. The smallest absolute Gasteiger partial charge is 0.178 e. The van der Waals surface area contributed by atoms with Gasteiger partial charge in [-0.3, -0.25) is 0 Å². The molecule has 3 aromatic rings. The maximum atomic E-state index is 12.3. The topological polar surface area (TPSA) is 62.8 Å². The molecule has 126 valence electrons. The van der Waals surface area contributed by atoms with E-state index in [2.05, 4.69) is 9.97 Å². The SMILES string of the molecule is Cc1ccc(S(=O)(=O)CCCCCc2nc3ccccc3[nH]2)cc1. The third-order valence-electron chi connectivity index (χ3n) is 4.15. The van der Waals surface area contributed by atoms with E-state index in [0.29, 0.717) is 11.3 Å². The largest absolute Gasteiger partial charge is 0.342 e. The van der Waals surface area contributed by atoms with Crippen molar-refractivity contribution in [2.45, 2.75) is 37.5 Å². The monoisotopic (exact) mass is 342 g/mol. The molecule has 0 spiro atoms. The lowest BCUT2D eigenvalue weighted by Crippen LogP contribution is -2.07. The number of imidazole rings is 1. The van der Waals surface area contributed by atoms with Crippen LogP contribution >= 0.6 is 0 Å². The van der Waals surface area contributed by atoms with E-state index in [4.69, 9.17) is 0 Å². The Morgan fingerprint density at radius 1 is 0.958 bits per heavy atom. The van der Waals surface area contributed by atoms with Crippen LogP contribution in [-0.2, 0) is 16.3 Å². The third-order valence-corrected chi connectivity index (χ3v) is 5.96. The van der Waals surface area contributed by atoms with Crippen LogP contribution in [0.4, 0.5) is 0 Å². The number of para-hydroxylation sites is 2. The average molecular weight is 342 g/mol. The van der Waals surface area contributed by atoms with Crippen molar-refractivity contribution in [3.05, 3.63) is 59.9 Å². The molecule has 2 aromatic carbocycles. The number of nitrogens with one attached hydrogen (secondary N) is 1. The van der Waals surface area contributed by atoms with Gasteiger partial charge < -0.3 is 4.98 Å². The molecular formula is C19H22N2O2S. The van der Waals surface area contributed by atoms with Crippen LogP contribution in [0.15, 0.2) is 53.4 Å². The van der Waals surface area contributed by atoms with Crippen molar-refractivity contribution >= 4 is 20.9 Å². The molecule has 0 amide bonds. The molecule has 24 heavy (non-hydrogen) atoms. The number of benzene rings is 2. The molecule has 3 rings (SSSR count). The minimum Gasteiger partial charge on any atom is -0.342 e. The molecule has 5 heteroatoms. The fourth-order valence-corrected chi connectivity index (χ4v) is 4.12. The first kappa shape index (κ1) is 16.7. The van der Waals surface area contributed by atoms with Crippen molar-refractivity contribution in [1.82, 2.24) is 9.97 Å². The van der Waals surface area contributed by atoms with Crippen LogP contribution in [0.5, 0.6) is 0 Å². The molecule has 1 N–H and O–H groups in total. The number of sulfone groups is 1. The summed E-state index contributed by atoms with van der Waals surface area (Å²) in [6.07, 6.45) is 3.33. The molecule has 1 aromatic heterocycles. The van der Waals surface area contributed by atoms with E-state index in [-0.39, 0.29) is 5.75 Å². The molecular weight excluding hydrogens is 320 g/mol. The third kappa shape index (κ3) is 4.03. The van der Waals surface area contributed by atoms with Crippen molar-refractivity contribution < 1.29 is 8.42 Å². The van der Waals surface area contributed by atoms with Gasteiger partial charge in [0.05, 0.1) is 21.7 Å². The summed E-state index contributed by atoms with van der Waals surface area (Å²) in [5, 5.41) is 0. The van der Waals surface area contributed by atoms with Crippen molar-refractivity contribution in [2.24, 2.45) is 0 Å². The van der Waals surface area contributed by atoms with E-state index in [1.165, 1.54) is 0 Å². The number of hydrogen-bond donors (Lipinski definition) is 1. The number of nitrogens with zero attached hydrogens (tertiary/aromatic N) is 1. The first-order valence-corrected chi connectivity index (χ1v) is 9.93. The van der Waals surface area contributed by atoms with Gasteiger partial charge in [-0.2, -0.15) is 0 Å². The van der Waals surface area contributed by atoms with Crippen LogP contribution in [0.1, 0.15) is 30.7 Å². The lowest BCUT2D eigenvalue weighted by molar-refractivity contribution is 0.589. The van der Waals surface area contributed by atoms with E-state index in [1.54, 1.807) is 12.1 Å². The Hall–Kier alpha value is -2.14. The lowest BCUT2D eigenvalue weighted by atomic mass is 10.2. The fourth-order valence-electron chi connectivity index (χ4n) is 2.75. The fraction of sp³-hybridized carbons (Fsp3) is 0.316. The predicted octanol–water partition coefficient (Wildman–Crippen LogP) is 4.06. The Balaban J connectivity index is 1.47. The van der Waals surface area contributed by atoms with Gasteiger partial charge in [0.25, 0.3) is 0 Å². The minimum atomic E-state index is -3.17. The Morgan fingerprint density at radius 2 is 1.71 bits per heavy atom. The van der Waals surface area contributed by atoms with E-state index in [1.807, 2.05) is 43.3 Å². The van der Waals surface area contributed by atoms with Gasteiger partial charge in [0.15, 0.2) is 9.84 Å². The van der Waals surface area contributed by atoms with Gasteiger partial charge in [-0.1, -0.05) is 36.2 Å². The molecule has 0 saturated heterocycles. The summed E-state index contributed by atoms with van der Waals surface area (Å²) in [5.74, 6) is 1.17. The molecule has 0 aliphatic carbocycles. The van der Waals surface area contributed by atoms with Crippen LogP contribution in [0, 0.1) is 6.92 Å². The molecule has 0 atom stereocenters. The zero-order chi connectivity index (χ0) is 17.0. The van der Waals surface area contributed by atoms with Crippen molar-refractivity contribution in [3.8, 4) is 0 Å². The number of unbranched alkanes of at least 4 members (excludes halogenated alkanes) is 2. The van der Waals surface area contributed by atoms with Crippen molar-refractivity contribution in [2.75, 3.05) is 5.75 Å². The average Bonchev–Trinajstić information content (AvgIpc) is 2.97. The standard InChI is InChI=1S/C19H22N2O2S/c1-15-10-12-16(13-11-15)24(22,23)14-6-2-3-9-19-20-17-7-4-5-8-18(17)21-19/h4-5,7-8,10-13H,2-3,6,9,14H2,1H3,(H,20,21). The Kier molecular flexibility index (Phi) is 5.00. The van der Waals surface area contributed by atoms with Crippen LogP contribution in [-0.4, -0.2) is 24.1 Å². The first-order chi connectivity index (χ1) is 11.5. The normalized spacial score (nSPS) is 11.9. The molecule has 0 bridgehead atoms. The molecule has 0 unspecified atom stereocenters. The zero-order valence-electron chi connectivity index (χ0n) is 13.8. The summed E-state index contributed by atoms with van der Waals surface area (Å²) in [6, 6.07) is 15.0. The Labute approximate surface area is 142 Å². The van der Waals surface area contributed by atoms with Crippen LogP contribution in [0.25, 0.3) is 11.0 Å². The molecule has 0 aliphatic heterocycles. The number of hydrogen-bond acceptors (Lipinski definition) is 3. The summed E-state index contributed by atoms with van der Waals surface area (Å²) < 4.78 is 24.6. The highest BCUT2D eigenvalue weighted by atomic mass is 32.2. The number of fused-ring (bicyclic) bond motifs is 1. The van der Waals surface area contributed by atoms with E-state index in [0.717, 1.165) is 41.7 Å². The van der Waals surface area contributed by atoms with Gasteiger partial charge in [-0.15, -0.1) is 0 Å². The lowest BCUT2D eigenvalue weighted by Gasteiger charge is -2.05. The minimum absolute atomic E-state index is 0.205. The summed E-state index contributed by atoms with van der Waals surface area (Å²) in [4.78, 5) is 8.27. The molecule has 1 heterocycles. The van der Waals surface area contributed by atoms with Crippen LogP contribution < -0.4 is 0 Å². The molecule has 0 fully saturated rings. The van der Waals surface area contributed by atoms with Gasteiger partial charge in [0.2, 0.25) is 0 Å². The molecule has 0 aliphatic rings. The number of aromatic nitrogens is 2. The summed E-state index contributed by atoms with van der Waals surface area (Å²) >= 11 is 0. The molecule has 0 saturated carbocycles. The van der Waals surface area contributed by atoms with Gasteiger partial charge >= 0.3 is 0 Å². The van der Waals surface area contributed by atoms with Crippen LogP contribution in [0.2, 0.25) is 0 Å². The highest BCUT2D eigenvalue weighted by Crippen LogP contribution is 2.15. The molecule has 4 nitrogen and oxygen atoms in total. The summed E-state index contributed by atoms with van der Waals surface area (Å²) in [7, 11) is -3.17. The number of aryl methyl sites for hydroxylation is 2. The van der Waals surface area contributed by atoms with Crippen molar-refractivity contribution in [3.63, 3.8) is 0 Å². The Bertz CT molecular complexity index is 879.